The van der Waals surface area contributed by atoms with Gasteiger partial charge in [-0.25, -0.2) is 4.84 Å². The highest BCUT2D eigenvalue weighted by Gasteiger charge is 2.29. The minimum absolute atomic E-state index is 0.0830. The van der Waals surface area contributed by atoms with Crippen LogP contribution in [0.25, 0.3) is 0 Å². The zero-order valence-electron chi connectivity index (χ0n) is 15.8. The Bertz CT molecular complexity index is 956. The van der Waals surface area contributed by atoms with Gasteiger partial charge in [-0.1, -0.05) is 53.8 Å². The maximum absolute atomic E-state index is 11.8. The number of carbonyl (C=O) groups excluding carboxylic acids is 2. The number of nitrogens with one attached hydrogen (secondary N) is 2. The first-order chi connectivity index (χ1) is 14.4. The highest BCUT2D eigenvalue weighted by atomic mass is 35.5. The summed E-state index contributed by atoms with van der Waals surface area (Å²) < 4.78 is 11.1. The molecule has 1 aliphatic heterocycles. The molecule has 0 radical (unpaired) electrons. The maximum atomic E-state index is 11.8. The number of hydrogen-bond donors (Lipinski definition) is 2. The molecule has 1 heterocycles. The van der Waals surface area contributed by atoms with Gasteiger partial charge in [-0.3, -0.25) is 9.59 Å². The summed E-state index contributed by atoms with van der Waals surface area (Å²) in [5.41, 5.74) is 1.81. The number of rotatable bonds is 8. The summed E-state index contributed by atoms with van der Waals surface area (Å²) in [6.45, 7) is 0. The fourth-order valence-corrected chi connectivity index (χ4v) is 4.58. The van der Waals surface area contributed by atoms with Crippen molar-refractivity contribution < 1.29 is 19.1 Å². The van der Waals surface area contributed by atoms with E-state index in [2.05, 4.69) is 10.2 Å². The molecule has 2 aromatic carbocycles. The Morgan fingerprint density at radius 1 is 1.27 bits per heavy atom. The monoisotopic (exact) mass is 484 g/mol. The number of benzene rings is 2. The molecule has 30 heavy (non-hydrogen) atoms. The van der Waals surface area contributed by atoms with Crippen LogP contribution in [0, 0.1) is 0 Å². The van der Waals surface area contributed by atoms with Crippen LogP contribution in [0.15, 0.2) is 42.5 Å². The van der Waals surface area contributed by atoms with Gasteiger partial charge >= 0.3 is 5.97 Å². The zero-order valence-corrected chi connectivity index (χ0v) is 19.0. The lowest BCUT2D eigenvalue weighted by Gasteiger charge is -2.13. The first-order valence-electron chi connectivity index (χ1n) is 8.90. The SMILES string of the molecule is COC(=O)[C@H](Cc1ccc(Oc2ccc(CC3SC(=S)NC3=O)cc2Cl)cc1)NCl. The summed E-state index contributed by atoms with van der Waals surface area (Å²) in [5.74, 6) is 0.577. The Labute approximate surface area is 193 Å². The summed E-state index contributed by atoms with van der Waals surface area (Å²) >= 11 is 18.3. The number of thiocarbonyl (C=S) groups is 1. The van der Waals surface area contributed by atoms with E-state index in [0.717, 1.165) is 11.1 Å². The van der Waals surface area contributed by atoms with Crippen molar-refractivity contribution in [3.05, 3.63) is 58.6 Å². The van der Waals surface area contributed by atoms with Crippen molar-refractivity contribution in [2.75, 3.05) is 7.11 Å². The zero-order chi connectivity index (χ0) is 21.7. The number of methoxy groups -OCH3 is 1. The van der Waals surface area contributed by atoms with Gasteiger partial charge in [0.05, 0.1) is 17.4 Å². The van der Waals surface area contributed by atoms with Crippen LogP contribution in [-0.2, 0) is 27.2 Å². The van der Waals surface area contributed by atoms with Crippen molar-refractivity contribution in [3.8, 4) is 11.5 Å². The summed E-state index contributed by atoms with van der Waals surface area (Å²) in [6.07, 6.45) is 0.906. The van der Waals surface area contributed by atoms with Crippen molar-refractivity contribution in [1.29, 1.82) is 0 Å². The van der Waals surface area contributed by atoms with Crippen molar-refractivity contribution in [1.82, 2.24) is 10.2 Å². The van der Waals surface area contributed by atoms with Crippen LogP contribution in [0.4, 0.5) is 0 Å². The number of halogens is 2. The molecule has 1 aliphatic rings. The van der Waals surface area contributed by atoms with Gasteiger partial charge in [-0.15, -0.1) is 0 Å². The van der Waals surface area contributed by atoms with E-state index in [1.165, 1.54) is 18.9 Å². The second-order valence-corrected chi connectivity index (χ2v) is 8.99. The molecule has 6 nitrogen and oxygen atoms in total. The van der Waals surface area contributed by atoms with Gasteiger partial charge in [0.25, 0.3) is 0 Å². The van der Waals surface area contributed by atoms with E-state index in [-0.39, 0.29) is 11.2 Å². The third kappa shape index (κ3) is 5.86. The molecule has 0 saturated carbocycles. The van der Waals surface area contributed by atoms with E-state index in [4.69, 9.17) is 45.1 Å². The summed E-state index contributed by atoms with van der Waals surface area (Å²) in [5, 5.41) is 2.83. The molecule has 0 aliphatic carbocycles. The molecule has 2 aromatic rings. The van der Waals surface area contributed by atoms with Crippen LogP contribution in [0.3, 0.4) is 0 Å². The minimum Gasteiger partial charge on any atom is -0.468 e. The standard InChI is InChI=1S/C20H18Cl2N2O4S2/c1-27-19(26)15(24-22)9-11-2-5-13(6-3-11)28-16-7-4-12(8-14(16)21)10-17-18(25)23-20(29)30-17/h2-8,15,17,24H,9-10H2,1H3,(H,23,25,29)/t15-,17?/m0/s1. The molecule has 1 amide bonds. The molecule has 2 atom stereocenters. The average molecular weight is 485 g/mol. The van der Waals surface area contributed by atoms with E-state index >= 15 is 0 Å². The minimum atomic E-state index is -0.639. The largest absolute Gasteiger partial charge is 0.468 e. The molecular formula is C20H18Cl2N2O4S2. The van der Waals surface area contributed by atoms with Crippen molar-refractivity contribution in [2.45, 2.75) is 24.1 Å². The second-order valence-electron chi connectivity index (χ2n) is 6.49. The topological polar surface area (TPSA) is 76.7 Å². The lowest BCUT2D eigenvalue weighted by molar-refractivity contribution is -0.142. The third-order valence-electron chi connectivity index (χ3n) is 4.39. The molecule has 158 valence electrons. The lowest BCUT2D eigenvalue weighted by Crippen LogP contribution is -2.33. The smallest absolute Gasteiger partial charge is 0.324 e. The summed E-state index contributed by atoms with van der Waals surface area (Å²) in [7, 11) is 1.31. The highest BCUT2D eigenvalue weighted by molar-refractivity contribution is 8.24. The Hall–Kier alpha value is -1.84. The maximum Gasteiger partial charge on any atom is 0.324 e. The molecule has 0 spiro atoms. The van der Waals surface area contributed by atoms with Gasteiger partial charge in [-0.2, -0.15) is 0 Å². The van der Waals surface area contributed by atoms with Crippen LogP contribution in [0.2, 0.25) is 5.02 Å². The van der Waals surface area contributed by atoms with Gasteiger partial charge in [-0.05, 0) is 60.0 Å². The number of amides is 1. The highest BCUT2D eigenvalue weighted by Crippen LogP contribution is 2.32. The number of esters is 1. The fourth-order valence-electron chi connectivity index (χ4n) is 2.86. The van der Waals surface area contributed by atoms with Crippen molar-refractivity contribution >= 4 is 63.6 Å². The average Bonchev–Trinajstić information content (AvgIpc) is 3.05. The van der Waals surface area contributed by atoms with Gasteiger partial charge in [0.1, 0.15) is 21.9 Å². The van der Waals surface area contributed by atoms with E-state index in [0.29, 0.717) is 33.7 Å². The molecule has 1 unspecified atom stereocenters. The van der Waals surface area contributed by atoms with Crippen molar-refractivity contribution in [3.63, 3.8) is 0 Å². The van der Waals surface area contributed by atoms with E-state index in [1.807, 2.05) is 18.2 Å². The number of ether oxygens (including phenoxy) is 2. The Morgan fingerprint density at radius 3 is 2.53 bits per heavy atom. The normalized spacial score (nSPS) is 16.8. The quantitative estimate of drug-likeness (QED) is 0.332. The van der Waals surface area contributed by atoms with Gasteiger partial charge in [0.15, 0.2) is 0 Å². The van der Waals surface area contributed by atoms with Crippen molar-refractivity contribution in [2.24, 2.45) is 0 Å². The van der Waals surface area contributed by atoms with Crippen LogP contribution >= 0.6 is 47.4 Å². The lowest BCUT2D eigenvalue weighted by atomic mass is 10.1. The molecule has 1 fully saturated rings. The van der Waals surface area contributed by atoms with E-state index in [9.17, 15) is 9.59 Å². The van der Waals surface area contributed by atoms with E-state index < -0.39 is 12.0 Å². The Balaban J connectivity index is 1.62. The third-order valence-corrected chi connectivity index (χ3v) is 6.32. The van der Waals surface area contributed by atoms with Gasteiger partial charge in [0, 0.05) is 0 Å². The molecule has 10 heteroatoms. The van der Waals surface area contributed by atoms with Crippen LogP contribution < -0.4 is 14.9 Å². The van der Waals surface area contributed by atoms with Crippen LogP contribution in [-0.4, -0.2) is 34.6 Å². The number of hydrogen-bond acceptors (Lipinski definition) is 7. The molecule has 0 aromatic heterocycles. The first kappa shape index (κ1) is 22.8. The molecular weight excluding hydrogens is 467 g/mol. The Morgan fingerprint density at radius 2 is 1.97 bits per heavy atom. The predicted octanol–water partition coefficient (Wildman–Crippen LogP) is 4.02. The van der Waals surface area contributed by atoms with Crippen LogP contribution in [0.1, 0.15) is 11.1 Å². The summed E-state index contributed by atoms with van der Waals surface area (Å²) in [6, 6.07) is 12.0. The fraction of sp³-hybridized carbons (Fsp3) is 0.250. The second kappa shape index (κ2) is 10.5. The molecule has 0 bridgehead atoms. The van der Waals surface area contributed by atoms with E-state index in [1.54, 1.807) is 24.3 Å². The molecule has 1 saturated heterocycles. The van der Waals surface area contributed by atoms with Gasteiger partial charge in [0.2, 0.25) is 5.91 Å². The number of carbonyl (C=O) groups is 2. The summed E-state index contributed by atoms with van der Waals surface area (Å²) in [4.78, 5) is 25.9. The van der Waals surface area contributed by atoms with Gasteiger partial charge < -0.3 is 14.8 Å². The number of thioether (sulfide) groups is 1. The van der Waals surface area contributed by atoms with Crippen LogP contribution in [0.5, 0.6) is 11.5 Å². The first-order valence-corrected chi connectivity index (χ1v) is 10.9. The molecule has 3 rings (SSSR count). The molecule has 2 N–H and O–H groups in total. The predicted molar refractivity (Wildman–Crippen MR) is 122 cm³/mol. The Kier molecular flexibility index (Phi) is 7.96.